The lowest BCUT2D eigenvalue weighted by atomic mass is 10.1. The molecule has 0 aliphatic carbocycles. The summed E-state index contributed by atoms with van der Waals surface area (Å²) in [5, 5.41) is 2.70. The number of pyridine rings is 1. The highest BCUT2D eigenvalue weighted by molar-refractivity contribution is 7.91. The molecule has 0 radical (unpaired) electrons. The standard InChI is InChI=1S/C22H20N4O3S2/c23-21-17-11-14(5-6-15(17)7-9-24-21)13-26-10-8-18(22(26)27)25-31(28,29)20-12-16-3-1-2-4-19(16)30-20/h1-7,9,11-12,18,25H,8,10,13H2,(H2,23,24)/t18-/m0/s1. The van der Waals surface area contributed by atoms with Crippen LogP contribution in [0.5, 0.6) is 0 Å². The number of carbonyl (C=O) groups is 1. The van der Waals surface area contributed by atoms with Crippen LogP contribution in [0.2, 0.25) is 0 Å². The molecule has 1 atom stereocenters. The van der Waals surface area contributed by atoms with Crippen LogP contribution < -0.4 is 10.5 Å². The number of hydrogen-bond acceptors (Lipinski definition) is 6. The van der Waals surface area contributed by atoms with Crippen LogP contribution in [0.1, 0.15) is 12.0 Å². The highest BCUT2D eigenvalue weighted by atomic mass is 32.2. The predicted molar refractivity (Wildman–Crippen MR) is 122 cm³/mol. The van der Waals surface area contributed by atoms with Crippen molar-refractivity contribution < 1.29 is 13.2 Å². The van der Waals surface area contributed by atoms with E-state index in [1.54, 1.807) is 17.2 Å². The van der Waals surface area contributed by atoms with E-state index in [0.717, 1.165) is 26.4 Å². The molecule has 5 rings (SSSR count). The smallest absolute Gasteiger partial charge is 0.250 e. The lowest BCUT2D eigenvalue weighted by Crippen LogP contribution is -2.41. The minimum absolute atomic E-state index is 0.219. The second kappa shape index (κ2) is 7.60. The summed E-state index contributed by atoms with van der Waals surface area (Å²) in [6.45, 7) is 0.878. The summed E-state index contributed by atoms with van der Waals surface area (Å²) in [5.41, 5.74) is 6.89. The molecular weight excluding hydrogens is 432 g/mol. The van der Waals surface area contributed by atoms with Gasteiger partial charge in [-0.3, -0.25) is 4.79 Å². The van der Waals surface area contributed by atoms with Gasteiger partial charge in [0.1, 0.15) is 16.1 Å². The molecule has 3 N–H and O–H groups in total. The van der Waals surface area contributed by atoms with Crippen molar-refractivity contribution >= 4 is 53.9 Å². The average molecular weight is 453 g/mol. The predicted octanol–water partition coefficient (Wildman–Crippen LogP) is 3.11. The number of nitrogen functional groups attached to an aromatic ring is 1. The summed E-state index contributed by atoms with van der Waals surface area (Å²) in [5.74, 6) is 0.227. The van der Waals surface area contributed by atoms with Crippen LogP contribution in [0.15, 0.2) is 65.0 Å². The lowest BCUT2D eigenvalue weighted by Gasteiger charge is -2.17. The average Bonchev–Trinajstić information content (AvgIpc) is 3.34. The highest BCUT2D eigenvalue weighted by Gasteiger charge is 2.35. The molecule has 1 aliphatic heterocycles. The number of aromatic nitrogens is 1. The molecule has 1 saturated heterocycles. The molecule has 3 heterocycles. The third kappa shape index (κ3) is 3.76. The second-order valence-corrected chi connectivity index (χ2v) is 10.6. The number of fused-ring (bicyclic) bond motifs is 2. The Labute approximate surface area is 183 Å². The van der Waals surface area contributed by atoms with Gasteiger partial charge >= 0.3 is 0 Å². The molecule has 2 aromatic heterocycles. The fraction of sp³-hybridized carbons (Fsp3) is 0.182. The van der Waals surface area contributed by atoms with Crippen LogP contribution in [-0.4, -0.2) is 36.8 Å². The fourth-order valence-electron chi connectivity index (χ4n) is 3.90. The molecule has 0 saturated carbocycles. The maximum atomic E-state index is 12.9. The molecule has 9 heteroatoms. The van der Waals surface area contributed by atoms with Gasteiger partial charge < -0.3 is 10.6 Å². The van der Waals surface area contributed by atoms with Gasteiger partial charge in [-0.15, -0.1) is 11.3 Å². The van der Waals surface area contributed by atoms with Gasteiger partial charge in [0.2, 0.25) is 5.91 Å². The van der Waals surface area contributed by atoms with Crippen LogP contribution in [0.4, 0.5) is 5.82 Å². The number of nitrogens with one attached hydrogen (secondary N) is 1. The van der Waals surface area contributed by atoms with Crippen molar-refractivity contribution in [3.8, 4) is 0 Å². The van der Waals surface area contributed by atoms with Crippen LogP contribution >= 0.6 is 11.3 Å². The van der Waals surface area contributed by atoms with E-state index in [-0.39, 0.29) is 10.1 Å². The van der Waals surface area contributed by atoms with Gasteiger partial charge in [0, 0.05) is 29.4 Å². The van der Waals surface area contributed by atoms with E-state index in [1.165, 1.54) is 11.3 Å². The van der Waals surface area contributed by atoms with Crippen molar-refractivity contribution in [1.82, 2.24) is 14.6 Å². The van der Waals surface area contributed by atoms with Gasteiger partial charge in [0.05, 0.1) is 0 Å². The molecule has 0 spiro atoms. The quantitative estimate of drug-likeness (QED) is 0.484. The number of sulfonamides is 1. The topological polar surface area (TPSA) is 105 Å². The summed E-state index contributed by atoms with van der Waals surface area (Å²) < 4.78 is 29.4. The first-order valence-electron chi connectivity index (χ1n) is 9.83. The van der Waals surface area contributed by atoms with E-state index >= 15 is 0 Å². The van der Waals surface area contributed by atoms with Gasteiger partial charge in [-0.2, -0.15) is 4.72 Å². The molecule has 31 heavy (non-hydrogen) atoms. The van der Waals surface area contributed by atoms with E-state index in [4.69, 9.17) is 5.73 Å². The monoisotopic (exact) mass is 452 g/mol. The Morgan fingerprint density at radius 3 is 2.81 bits per heavy atom. The van der Waals surface area contributed by atoms with E-state index < -0.39 is 16.1 Å². The first-order chi connectivity index (χ1) is 14.9. The molecular formula is C22H20N4O3S2. The van der Waals surface area contributed by atoms with Crippen LogP contribution in [0.25, 0.3) is 20.9 Å². The number of likely N-dealkylation sites (tertiary alicyclic amines) is 1. The molecule has 0 bridgehead atoms. The Bertz CT molecular complexity index is 1380. The lowest BCUT2D eigenvalue weighted by molar-refractivity contribution is -0.129. The first-order valence-corrected chi connectivity index (χ1v) is 12.1. The normalized spacial score (nSPS) is 17.1. The van der Waals surface area contributed by atoms with Gasteiger partial charge in [0.25, 0.3) is 10.0 Å². The summed E-state index contributed by atoms with van der Waals surface area (Å²) in [7, 11) is -3.77. The minimum atomic E-state index is -3.77. The molecule has 1 amide bonds. The Hall–Kier alpha value is -3.01. The maximum Gasteiger partial charge on any atom is 0.250 e. The molecule has 7 nitrogen and oxygen atoms in total. The molecule has 1 fully saturated rings. The number of benzene rings is 2. The fourth-order valence-corrected chi connectivity index (χ4v) is 6.54. The Balaban J connectivity index is 1.32. The van der Waals surface area contributed by atoms with E-state index in [2.05, 4.69) is 9.71 Å². The zero-order chi connectivity index (χ0) is 21.6. The molecule has 1 aliphatic rings. The molecule has 4 aromatic rings. The van der Waals surface area contributed by atoms with E-state index in [1.807, 2.05) is 48.5 Å². The Morgan fingerprint density at radius 2 is 1.97 bits per heavy atom. The molecule has 158 valence electrons. The number of nitrogens with zero attached hydrogens (tertiary/aromatic N) is 2. The number of hydrogen-bond donors (Lipinski definition) is 2. The van der Waals surface area contributed by atoms with Gasteiger partial charge in [0.15, 0.2) is 0 Å². The highest BCUT2D eigenvalue weighted by Crippen LogP contribution is 2.29. The number of nitrogens with two attached hydrogens (primary N) is 1. The Morgan fingerprint density at radius 1 is 1.13 bits per heavy atom. The second-order valence-electron chi connectivity index (χ2n) is 7.58. The summed E-state index contributed by atoms with van der Waals surface area (Å²) in [6.07, 6.45) is 2.09. The summed E-state index contributed by atoms with van der Waals surface area (Å²) in [6, 6.07) is 16.1. The third-order valence-corrected chi connectivity index (χ3v) is 8.56. The minimum Gasteiger partial charge on any atom is -0.383 e. The molecule has 0 unspecified atom stereocenters. The van der Waals surface area contributed by atoms with Crippen molar-refractivity contribution in [2.24, 2.45) is 0 Å². The van der Waals surface area contributed by atoms with Crippen molar-refractivity contribution in [1.29, 1.82) is 0 Å². The summed E-state index contributed by atoms with van der Waals surface area (Å²) >= 11 is 1.20. The van der Waals surface area contributed by atoms with Gasteiger partial charge in [-0.25, -0.2) is 13.4 Å². The van der Waals surface area contributed by atoms with E-state index in [0.29, 0.717) is 25.3 Å². The van der Waals surface area contributed by atoms with Gasteiger partial charge in [-0.05, 0) is 47.0 Å². The first kappa shape index (κ1) is 19.9. The SMILES string of the molecule is Nc1nccc2ccc(CN3CC[C@H](NS(=O)(=O)c4cc5ccccc5s4)C3=O)cc12. The Kier molecular flexibility index (Phi) is 4.88. The third-order valence-electron chi connectivity index (χ3n) is 5.50. The van der Waals surface area contributed by atoms with Crippen LogP contribution in [0.3, 0.4) is 0 Å². The van der Waals surface area contributed by atoms with Crippen molar-refractivity contribution in [3.63, 3.8) is 0 Å². The number of carbonyl (C=O) groups excluding carboxylic acids is 1. The zero-order valence-corrected chi connectivity index (χ0v) is 18.1. The largest absolute Gasteiger partial charge is 0.383 e. The number of amides is 1. The van der Waals surface area contributed by atoms with Crippen LogP contribution in [0, 0.1) is 0 Å². The van der Waals surface area contributed by atoms with E-state index in [9.17, 15) is 13.2 Å². The van der Waals surface area contributed by atoms with Crippen LogP contribution in [-0.2, 0) is 21.4 Å². The summed E-state index contributed by atoms with van der Waals surface area (Å²) in [4.78, 5) is 18.7. The molecule has 2 aromatic carbocycles. The zero-order valence-electron chi connectivity index (χ0n) is 16.5. The van der Waals surface area contributed by atoms with Gasteiger partial charge in [-0.1, -0.05) is 30.3 Å². The maximum absolute atomic E-state index is 12.9. The number of anilines is 1. The number of rotatable bonds is 5. The van der Waals surface area contributed by atoms with Crippen molar-refractivity contribution in [2.45, 2.75) is 23.2 Å². The van der Waals surface area contributed by atoms with Crippen molar-refractivity contribution in [2.75, 3.05) is 12.3 Å². The number of thiophene rings is 1. The van der Waals surface area contributed by atoms with Crippen molar-refractivity contribution in [3.05, 3.63) is 66.4 Å².